The zero-order valence-corrected chi connectivity index (χ0v) is 14.0. The smallest absolute Gasteiger partial charge is 0.270 e. The lowest BCUT2D eigenvalue weighted by Gasteiger charge is -2.30. The van der Waals surface area contributed by atoms with Crippen LogP contribution in [0.3, 0.4) is 0 Å². The molecule has 0 bridgehead atoms. The molecule has 130 valence electrons. The Morgan fingerprint density at radius 1 is 1.16 bits per heavy atom. The monoisotopic (exact) mass is 340 g/mol. The summed E-state index contributed by atoms with van der Waals surface area (Å²) in [5.74, 6) is 2.24. The molecule has 1 amide bonds. The van der Waals surface area contributed by atoms with Crippen molar-refractivity contribution in [1.29, 1.82) is 0 Å². The Hall–Kier alpha value is -2.83. The van der Waals surface area contributed by atoms with E-state index in [2.05, 4.69) is 20.2 Å². The number of hydrogen-bond acceptors (Lipinski definition) is 6. The van der Waals surface area contributed by atoms with Crippen LogP contribution >= 0.6 is 0 Å². The summed E-state index contributed by atoms with van der Waals surface area (Å²) >= 11 is 0. The molecule has 2 aliphatic heterocycles. The number of amides is 1. The molecule has 1 aromatic carbocycles. The number of carbonyl (C=O) groups is 1. The van der Waals surface area contributed by atoms with Gasteiger partial charge in [-0.25, -0.2) is 9.97 Å². The predicted molar refractivity (Wildman–Crippen MR) is 93.1 cm³/mol. The molecule has 7 nitrogen and oxygen atoms in total. The topological polar surface area (TPSA) is 76.6 Å². The minimum absolute atomic E-state index is 0.284. The van der Waals surface area contributed by atoms with Crippen molar-refractivity contribution >= 4 is 17.5 Å². The molecular weight excluding hydrogens is 320 g/mol. The molecule has 0 aliphatic carbocycles. The van der Waals surface area contributed by atoms with Crippen LogP contribution in [-0.4, -0.2) is 41.2 Å². The molecule has 3 heterocycles. The maximum absolute atomic E-state index is 12.6. The number of rotatable bonds is 3. The highest BCUT2D eigenvalue weighted by atomic mass is 16.6. The van der Waals surface area contributed by atoms with E-state index in [0.29, 0.717) is 17.3 Å². The summed E-state index contributed by atoms with van der Waals surface area (Å²) in [6.07, 6.45) is 2.67. The number of nitrogens with zero attached hydrogens (tertiary/aromatic N) is 3. The van der Waals surface area contributed by atoms with E-state index in [0.717, 1.165) is 31.7 Å². The summed E-state index contributed by atoms with van der Waals surface area (Å²) in [4.78, 5) is 23.3. The Labute approximate surface area is 146 Å². The van der Waals surface area contributed by atoms with E-state index in [1.807, 2.05) is 25.1 Å². The molecular formula is C18H20N4O3. The van der Waals surface area contributed by atoms with E-state index in [1.165, 1.54) is 6.33 Å². The molecule has 0 saturated carbocycles. The van der Waals surface area contributed by atoms with Crippen LogP contribution in [0.15, 0.2) is 36.7 Å². The minimum atomic E-state index is -0.736. The Morgan fingerprint density at radius 3 is 2.64 bits per heavy atom. The Kier molecular flexibility index (Phi) is 4.13. The van der Waals surface area contributed by atoms with Crippen LogP contribution in [0.4, 0.5) is 11.6 Å². The number of anilines is 2. The van der Waals surface area contributed by atoms with Gasteiger partial charge in [-0.1, -0.05) is 12.1 Å². The molecule has 0 radical (unpaired) electrons. The molecule has 7 heteroatoms. The highest BCUT2D eigenvalue weighted by Crippen LogP contribution is 2.33. The quantitative estimate of drug-likeness (QED) is 0.923. The van der Waals surface area contributed by atoms with Crippen molar-refractivity contribution in [3.8, 4) is 11.5 Å². The van der Waals surface area contributed by atoms with Gasteiger partial charge in [-0.05, 0) is 31.9 Å². The number of fused-ring (bicyclic) bond motifs is 1. The summed E-state index contributed by atoms with van der Waals surface area (Å²) < 4.78 is 11.6. The maximum Gasteiger partial charge on any atom is 0.270 e. The second kappa shape index (κ2) is 6.58. The van der Waals surface area contributed by atoms with Gasteiger partial charge in [0.05, 0.1) is 0 Å². The number of carbonyl (C=O) groups excluding carboxylic acids is 1. The normalized spacial score (nSPS) is 21.9. The van der Waals surface area contributed by atoms with Gasteiger partial charge in [0.2, 0.25) is 6.10 Å². The second-order valence-electron chi connectivity index (χ2n) is 6.25. The standard InChI is InChI=1S/C18H20N4O3/c1-12-17(25-14-7-3-2-6-13(14)24-12)18(23)21-15-10-16(20-11-19-15)22-8-4-5-9-22/h2-3,6-7,10-12,17H,4-5,8-9H2,1H3,(H,19,20,21,23)/t12-,17-/m0/s1. The molecule has 4 rings (SSSR count). The number of hydrogen-bond donors (Lipinski definition) is 1. The third-order valence-corrected chi connectivity index (χ3v) is 4.43. The van der Waals surface area contributed by atoms with Crippen molar-refractivity contribution in [2.24, 2.45) is 0 Å². The first-order valence-electron chi connectivity index (χ1n) is 8.51. The predicted octanol–water partition coefficient (Wildman–Crippen LogP) is 2.24. The summed E-state index contributed by atoms with van der Waals surface area (Å²) in [6, 6.07) is 9.13. The van der Waals surface area contributed by atoms with Gasteiger partial charge in [-0.15, -0.1) is 0 Å². The van der Waals surface area contributed by atoms with Crippen LogP contribution in [0.2, 0.25) is 0 Å². The van der Waals surface area contributed by atoms with Gasteiger partial charge in [0.15, 0.2) is 11.5 Å². The van der Waals surface area contributed by atoms with E-state index in [-0.39, 0.29) is 5.91 Å². The molecule has 2 aromatic rings. The van der Waals surface area contributed by atoms with E-state index in [4.69, 9.17) is 9.47 Å². The number of ether oxygens (including phenoxy) is 2. The fourth-order valence-corrected chi connectivity index (χ4v) is 3.14. The molecule has 2 aliphatic rings. The summed E-state index contributed by atoms with van der Waals surface area (Å²) in [6.45, 7) is 3.78. The van der Waals surface area contributed by atoms with Gasteiger partial charge in [0.25, 0.3) is 5.91 Å². The largest absolute Gasteiger partial charge is 0.482 e. The van der Waals surface area contributed by atoms with Crippen LogP contribution in [0.5, 0.6) is 11.5 Å². The lowest BCUT2D eigenvalue weighted by Crippen LogP contribution is -2.46. The first-order chi connectivity index (χ1) is 12.2. The van der Waals surface area contributed by atoms with Crippen LogP contribution in [-0.2, 0) is 4.79 Å². The summed E-state index contributed by atoms with van der Waals surface area (Å²) in [5.41, 5.74) is 0. The molecule has 1 aromatic heterocycles. The van der Waals surface area contributed by atoms with Crippen molar-refractivity contribution in [2.75, 3.05) is 23.3 Å². The average molecular weight is 340 g/mol. The molecule has 0 spiro atoms. The van der Waals surface area contributed by atoms with Gasteiger partial charge in [-0.3, -0.25) is 4.79 Å². The Morgan fingerprint density at radius 2 is 1.88 bits per heavy atom. The minimum Gasteiger partial charge on any atom is -0.482 e. The first kappa shape index (κ1) is 15.7. The Balaban J connectivity index is 1.48. The average Bonchev–Trinajstić information content (AvgIpc) is 3.16. The Bertz CT molecular complexity index is 776. The zero-order chi connectivity index (χ0) is 17.2. The van der Waals surface area contributed by atoms with E-state index >= 15 is 0 Å². The fourth-order valence-electron chi connectivity index (χ4n) is 3.14. The third-order valence-electron chi connectivity index (χ3n) is 4.43. The van der Waals surface area contributed by atoms with Gasteiger partial charge >= 0.3 is 0 Å². The fraction of sp³-hybridized carbons (Fsp3) is 0.389. The first-order valence-corrected chi connectivity index (χ1v) is 8.51. The number of aromatic nitrogens is 2. The van der Waals surface area contributed by atoms with Crippen LogP contribution in [0.25, 0.3) is 0 Å². The van der Waals surface area contributed by atoms with Crippen molar-refractivity contribution in [3.05, 3.63) is 36.7 Å². The van der Waals surface area contributed by atoms with Crippen LogP contribution < -0.4 is 19.7 Å². The summed E-state index contributed by atoms with van der Waals surface area (Å²) in [7, 11) is 0. The lowest BCUT2D eigenvalue weighted by molar-refractivity contribution is -0.128. The van der Waals surface area contributed by atoms with Crippen molar-refractivity contribution < 1.29 is 14.3 Å². The van der Waals surface area contributed by atoms with E-state index in [1.54, 1.807) is 12.1 Å². The molecule has 25 heavy (non-hydrogen) atoms. The molecule has 1 fully saturated rings. The van der Waals surface area contributed by atoms with Gasteiger partial charge in [-0.2, -0.15) is 0 Å². The van der Waals surface area contributed by atoms with Crippen molar-refractivity contribution in [1.82, 2.24) is 9.97 Å². The van der Waals surface area contributed by atoms with Crippen LogP contribution in [0, 0.1) is 0 Å². The maximum atomic E-state index is 12.6. The van der Waals surface area contributed by atoms with E-state index < -0.39 is 12.2 Å². The molecule has 1 N–H and O–H groups in total. The highest BCUT2D eigenvalue weighted by Gasteiger charge is 2.34. The third kappa shape index (κ3) is 3.22. The highest BCUT2D eigenvalue weighted by molar-refractivity contribution is 5.94. The van der Waals surface area contributed by atoms with Crippen LogP contribution in [0.1, 0.15) is 19.8 Å². The molecule has 2 atom stereocenters. The SMILES string of the molecule is C[C@@H]1Oc2ccccc2O[C@@H]1C(=O)Nc1cc(N2CCCC2)ncn1. The van der Waals surface area contributed by atoms with Crippen molar-refractivity contribution in [3.63, 3.8) is 0 Å². The number of para-hydroxylation sites is 2. The zero-order valence-electron chi connectivity index (χ0n) is 14.0. The molecule has 1 saturated heterocycles. The second-order valence-corrected chi connectivity index (χ2v) is 6.25. The lowest BCUT2D eigenvalue weighted by atomic mass is 10.1. The number of nitrogens with one attached hydrogen (secondary N) is 1. The number of benzene rings is 1. The van der Waals surface area contributed by atoms with E-state index in [9.17, 15) is 4.79 Å². The summed E-state index contributed by atoms with van der Waals surface area (Å²) in [5, 5.41) is 2.82. The van der Waals surface area contributed by atoms with Crippen molar-refractivity contribution in [2.45, 2.75) is 32.0 Å². The van der Waals surface area contributed by atoms with Gasteiger partial charge in [0.1, 0.15) is 24.1 Å². The molecule has 0 unspecified atom stereocenters. The van der Waals surface area contributed by atoms with Gasteiger partial charge in [0, 0.05) is 19.2 Å². The van der Waals surface area contributed by atoms with Gasteiger partial charge < -0.3 is 19.7 Å².